The highest BCUT2D eigenvalue weighted by Crippen LogP contribution is 2.35. The molecular weight excluding hydrogens is 206 g/mol. The van der Waals surface area contributed by atoms with Crippen molar-refractivity contribution in [1.29, 1.82) is 0 Å². The topological polar surface area (TPSA) is 35.0 Å². The molecule has 0 aromatic heterocycles. The second kappa shape index (κ2) is 8.30. The van der Waals surface area contributed by atoms with Crippen LogP contribution in [0.15, 0.2) is 24.3 Å². The fourth-order valence-electron chi connectivity index (χ4n) is 2.43. The minimum Gasteiger partial charge on any atom is -0.344 e. The van der Waals surface area contributed by atoms with Gasteiger partial charge in [-0.1, -0.05) is 63.4 Å². The molecule has 1 nitrogen and oxygen atoms in total. The summed E-state index contributed by atoms with van der Waals surface area (Å²) < 4.78 is 0. The number of hydrogen-bond acceptors (Lipinski definition) is 1. The minimum absolute atomic E-state index is 0. The summed E-state index contributed by atoms with van der Waals surface area (Å²) in [4.78, 5) is 0. The van der Waals surface area contributed by atoms with Crippen LogP contribution in [0.2, 0.25) is 0 Å². The highest BCUT2D eigenvalue weighted by atomic mass is 14.2. The monoisotopic (exact) mass is 235 g/mol. The molecule has 0 radical (unpaired) electrons. The maximum Gasteiger partial charge on any atom is -0.0162 e. The van der Waals surface area contributed by atoms with E-state index in [1.807, 2.05) is 13.8 Å². The van der Waals surface area contributed by atoms with E-state index in [1.165, 1.54) is 31.2 Å². The first-order valence-electron chi connectivity index (χ1n) is 6.82. The maximum atomic E-state index is 2.38. The van der Waals surface area contributed by atoms with Crippen molar-refractivity contribution >= 4 is 0 Å². The van der Waals surface area contributed by atoms with Crippen molar-refractivity contribution in [2.24, 2.45) is 5.92 Å². The van der Waals surface area contributed by atoms with Gasteiger partial charge in [-0.15, -0.1) is 0 Å². The molecular formula is C16H29N. The standard InChI is InChI=1S/C14H20.C2H6.H3N/c1-11-3-7-13(8-4-11)14-9-5-12(2)6-10-14;1-2;/h3-4,7-8,12,14H,5-6,9-10H2,1-2H3;1-2H3;1H3. The van der Waals surface area contributed by atoms with E-state index in [9.17, 15) is 0 Å². The summed E-state index contributed by atoms with van der Waals surface area (Å²) in [6.45, 7) is 8.54. The molecule has 98 valence electrons. The van der Waals surface area contributed by atoms with Gasteiger partial charge in [-0.2, -0.15) is 0 Å². The Kier molecular flexibility index (Phi) is 7.90. The number of hydrogen-bond donors (Lipinski definition) is 1. The largest absolute Gasteiger partial charge is 0.344 e. The van der Waals surface area contributed by atoms with E-state index in [0.29, 0.717) is 0 Å². The van der Waals surface area contributed by atoms with Crippen LogP contribution in [0.5, 0.6) is 0 Å². The van der Waals surface area contributed by atoms with Crippen molar-refractivity contribution in [2.75, 3.05) is 0 Å². The van der Waals surface area contributed by atoms with Crippen LogP contribution in [0.3, 0.4) is 0 Å². The lowest BCUT2D eigenvalue weighted by molar-refractivity contribution is 0.348. The number of benzene rings is 1. The van der Waals surface area contributed by atoms with Crippen molar-refractivity contribution in [3.8, 4) is 0 Å². The zero-order valence-corrected chi connectivity index (χ0v) is 12.0. The Balaban J connectivity index is 0.000000811. The molecule has 1 aliphatic carbocycles. The predicted molar refractivity (Wildman–Crippen MR) is 77.9 cm³/mol. The third kappa shape index (κ3) is 4.91. The molecule has 3 N–H and O–H groups in total. The lowest BCUT2D eigenvalue weighted by atomic mass is 9.79. The molecule has 0 spiro atoms. The van der Waals surface area contributed by atoms with Gasteiger partial charge in [-0.25, -0.2) is 0 Å². The summed E-state index contributed by atoms with van der Waals surface area (Å²) in [6.07, 6.45) is 5.62. The van der Waals surface area contributed by atoms with Gasteiger partial charge in [0, 0.05) is 0 Å². The smallest absolute Gasteiger partial charge is 0.0162 e. The van der Waals surface area contributed by atoms with Crippen LogP contribution in [-0.2, 0) is 0 Å². The molecule has 1 saturated carbocycles. The van der Waals surface area contributed by atoms with Crippen LogP contribution in [0, 0.1) is 12.8 Å². The normalized spacial score (nSPS) is 23.1. The number of rotatable bonds is 1. The van der Waals surface area contributed by atoms with E-state index >= 15 is 0 Å². The zero-order valence-electron chi connectivity index (χ0n) is 12.0. The van der Waals surface area contributed by atoms with Gasteiger partial charge in [-0.05, 0) is 37.2 Å². The quantitative estimate of drug-likeness (QED) is 0.687. The van der Waals surface area contributed by atoms with E-state index in [1.54, 1.807) is 5.56 Å². The van der Waals surface area contributed by atoms with Crippen molar-refractivity contribution in [3.05, 3.63) is 35.4 Å². The summed E-state index contributed by atoms with van der Waals surface area (Å²) in [6, 6.07) is 9.12. The van der Waals surface area contributed by atoms with Gasteiger partial charge in [-0.3, -0.25) is 0 Å². The van der Waals surface area contributed by atoms with Crippen LogP contribution in [0.25, 0.3) is 0 Å². The Bertz CT molecular complexity index is 281. The Morgan fingerprint density at radius 2 is 1.35 bits per heavy atom. The molecule has 1 heteroatoms. The summed E-state index contributed by atoms with van der Waals surface area (Å²) >= 11 is 0. The van der Waals surface area contributed by atoms with Gasteiger partial charge < -0.3 is 6.15 Å². The van der Waals surface area contributed by atoms with E-state index in [4.69, 9.17) is 0 Å². The molecule has 0 bridgehead atoms. The Labute approximate surface area is 107 Å². The van der Waals surface area contributed by atoms with Gasteiger partial charge in [0.1, 0.15) is 0 Å². The molecule has 0 saturated heterocycles. The first kappa shape index (κ1) is 16.2. The second-order valence-electron chi connectivity index (χ2n) is 4.87. The first-order valence-corrected chi connectivity index (χ1v) is 6.82. The summed E-state index contributed by atoms with van der Waals surface area (Å²) in [5.74, 6) is 1.79. The highest BCUT2D eigenvalue weighted by Gasteiger charge is 2.19. The van der Waals surface area contributed by atoms with E-state index in [-0.39, 0.29) is 6.15 Å². The predicted octanol–water partition coefficient (Wildman–Crippen LogP) is 5.48. The summed E-state index contributed by atoms with van der Waals surface area (Å²) in [5.41, 5.74) is 2.93. The fourth-order valence-corrected chi connectivity index (χ4v) is 2.43. The van der Waals surface area contributed by atoms with Gasteiger partial charge in [0.25, 0.3) is 0 Å². The molecule has 0 heterocycles. The third-order valence-electron chi connectivity index (χ3n) is 3.56. The van der Waals surface area contributed by atoms with Crippen molar-refractivity contribution in [3.63, 3.8) is 0 Å². The van der Waals surface area contributed by atoms with Crippen molar-refractivity contribution < 1.29 is 0 Å². The zero-order chi connectivity index (χ0) is 12.0. The van der Waals surface area contributed by atoms with Crippen LogP contribution < -0.4 is 6.15 Å². The van der Waals surface area contributed by atoms with E-state index in [0.717, 1.165) is 11.8 Å². The lowest BCUT2D eigenvalue weighted by Crippen LogP contribution is -2.10. The molecule has 0 unspecified atom stereocenters. The molecule has 1 aromatic carbocycles. The van der Waals surface area contributed by atoms with Crippen LogP contribution in [0.4, 0.5) is 0 Å². The van der Waals surface area contributed by atoms with E-state index < -0.39 is 0 Å². The molecule has 1 fully saturated rings. The van der Waals surface area contributed by atoms with Crippen LogP contribution >= 0.6 is 0 Å². The van der Waals surface area contributed by atoms with E-state index in [2.05, 4.69) is 38.1 Å². The minimum atomic E-state index is 0. The SMILES string of the molecule is CC.Cc1ccc(C2CCC(C)CC2)cc1.N. The van der Waals surface area contributed by atoms with Gasteiger partial charge in [0.2, 0.25) is 0 Å². The second-order valence-corrected chi connectivity index (χ2v) is 4.87. The van der Waals surface area contributed by atoms with Crippen molar-refractivity contribution in [1.82, 2.24) is 6.15 Å². The molecule has 1 aromatic rings. The molecule has 1 aliphatic rings. The first-order chi connectivity index (χ1) is 7.75. The van der Waals surface area contributed by atoms with Gasteiger partial charge in [0.05, 0.1) is 0 Å². The van der Waals surface area contributed by atoms with Crippen molar-refractivity contribution in [2.45, 2.75) is 59.3 Å². The Morgan fingerprint density at radius 3 is 1.82 bits per heavy atom. The fraction of sp³-hybridized carbons (Fsp3) is 0.625. The Morgan fingerprint density at radius 1 is 0.882 bits per heavy atom. The third-order valence-corrected chi connectivity index (χ3v) is 3.56. The lowest BCUT2D eigenvalue weighted by Gasteiger charge is -2.26. The maximum absolute atomic E-state index is 2.38. The molecule has 0 aliphatic heterocycles. The molecule has 0 atom stereocenters. The molecule has 0 amide bonds. The summed E-state index contributed by atoms with van der Waals surface area (Å²) in [7, 11) is 0. The van der Waals surface area contributed by atoms with Crippen LogP contribution in [0.1, 0.15) is 63.5 Å². The molecule has 17 heavy (non-hydrogen) atoms. The summed E-state index contributed by atoms with van der Waals surface area (Å²) in [5, 5.41) is 0. The van der Waals surface area contributed by atoms with Gasteiger partial charge in [0.15, 0.2) is 0 Å². The van der Waals surface area contributed by atoms with Gasteiger partial charge >= 0.3 is 0 Å². The molecule has 2 rings (SSSR count). The Hall–Kier alpha value is -0.820. The number of aryl methyl sites for hydroxylation is 1. The average Bonchev–Trinajstić information content (AvgIpc) is 2.34. The average molecular weight is 235 g/mol. The van der Waals surface area contributed by atoms with Crippen LogP contribution in [-0.4, -0.2) is 0 Å². The highest BCUT2D eigenvalue weighted by molar-refractivity contribution is 5.24.